The van der Waals surface area contributed by atoms with E-state index in [1.807, 2.05) is 6.07 Å². The van der Waals surface area contributed by atoms with Gasteiger partial charge in [-0.2, -0.15) is 5.26 Å². The third kappa shape index (κ3) is 3.53. The lowest BCUT2D eigenvalue weighted by molar-refractivity contribution is -0.156. The molecule has 2 rings (SSSR count). The zero-order valence-electron chi connectivity index (χ0n) is 10.0. The molecule has 6 nitrogen and oxygen atoms in total. The summed E-state index contributed by atoms with van der Waals surface area (Å²) >= 11 is 1.24. The Kier molecular flexibility index (Phi) is 4.49. The lowest BCUT2D eigenvalue weighted by Gasteiger charge is -2.09. The summed E-state index contributed by atoms with van der Waals surface area (Å²) in [7, 11) is 0. The van der Waals surface area contributed by atoms with Gasteiger partial charge in [-0.05, 0) is 24.3 Å². The normalized spacial score (nSPS) is 17.7. The van der Waals surface area contributed by atoms with Gasteiger partial charge in [-0.3, -0.25) is 4.79 Å². The molecule has 0 bridgehead atoms. The Hall–Kier alpha value is -1.91. The van der Waals surface area contributed by atoms with E-state index in [-0.39, 0.29) is 6.61 Å². The number of ether oxygens (including phenoxy) is 2. The van der Waals surface area contributed by atoms with Gasteiger partial charge in [0.1, 0.15) is 11.1 Å². The predicted octanol–water partition coefficient (Wildman–Crippen LogP) is 1.28. The van der Waals surface area contributed by atoms with E-state index >= 15 is 0 Å². The third-order valence-corrected chi connectivity index (χ3v) is 3.41. The van der Waals surface area contributed by atoms with Gasteiger partial charge >= 0.3 is 5.97 Å². The largest absolute Gasteiger partial charge is 0.454 e. The summed E-state index contributed by atoms with van der Waals surface area (Å²) in [5, 5.41) is 13.5. The molecule has 1 atom stereocenters. The molecule has 1 aromatic rings. The van der Waals surface area contributed by atoms with Crippen LogP contribution >= 0.6 is 11.3 Å². The Bertz CT molecular complexity index is 514. The van der Waals surface area contributed by atoms with E-state index in [2.05, 4.69) is 5.32 Å². The molecular formula is C12H12N2O4S. The molecule has 1 aliphatic rings. The Morgan fingerprint density at radius 3 is 3.16 bits per heavy atom. The highest BCUT2D eigenvalue weighted by Crippen LogP contribution is 2.21. The summed E-state index contributed by atoms with van der Waals surface area (Å²) in [6.07, 6.45) is 0.903. The molecule has 1 N–H and O–H groups in total. The monoisotopic (exact) mass is 280 g/mol. The standard InChI is InChI=1S/C12H12N2O4S/c13-6-8-3-5-19-11(8)14-10(15)7-18-12(16)9-2-1-4-17-9/h3,5,9H,1-2,4,7H2,(H,14,15). The summed E-state index contributed by atoms with van der Waals surface area (Å²) in [6.45, 7) is 0.175. The fourth-order valence-electron chi connectivity index (χ4n) is 1.65. The van der Waals surface area contributed by atoms with Gasteiger partial charge in [0.2, 0.25) is 0 Å². The summed E-state index contributed by atoms with van der Waals surface area (Å²) in [5.41, 5.74) is 0.392. The van der Waals surface area contributed by atoms with Crippen molar-refractivity contribution in [3.8, 4) is 6.07 Å². The summed E-state index contributed by atoms with van der Waals surface area (Å²) in [6, 6.07) is 3.57. The van der Waals surface area contributed by atoms with Gasteiger partial charge in [0.15, 0.2) is 12.7 Å². The lowest BCUT2D eigenvalue weighted by atomic mass is 10.2. The minimum Gasteiger partial charge on any atom is -0.454 e. The topological polar surface area (TPSA) is 88.4 Å². The van der Waals surface area contributed by atoms with Gasteiger partial charge in [0.05, 0.1) is 5.56 Å². The van der Waals surface area contributed by atoms with Crippen LogP contribution < -0.4 is 5.32 Å². The second-order valence-electron chi connectivity index (χ2n) is 3.93. The average Bonchev–Trinajstić information content (AvgIpc) is 3.06. The molecule has 100 valence electrons. The van der Waals surface area contributed by atoms with Gasteiger partial charge in [-0.1, -0.05) is 0 Å². The number of nitrogens with zero attached hydrogens (tertiary/aromatic N) is 1. The van der Waals surface area contributed by atoms with Crippen LogP contribution in [-0.4, -0.2) is 31.2 Å². The van der Waals surface area contributed by atoms with Crippen LogP contribution in [0, 0.1) is 11.3 Å². The maximum Gasteiger partial charge on any atom is 0.335 e. The van der Waals surface area contributed by atoms with E-state index in [4.69, 9.17) is 14.7 Å². The van der Waals surface area contributed by atoms with Crippen LogP contribution in [0.15, 0.2) is 11.4 Å². The van der Waals surface area contributed by atoms with Gasteiger partial charge in [0.25, 0.3) is 5.91 Å². The van der Waals surface area contributed by atoms with Crippen molar-refractivity contribution < 1.29 is 19.1 Å². The number of carbonyl (C=O) groups is 2. The Morgan fingerprint density at radius 1 is 1.63 bits per heavy atom. The number of nitriles is 1. The van der Waals surface area contributed by atoms with Crippen LogP contribution in [0.4, 0.5) is 5.00 Å². The second-order valence-corrected chi connectivity index (χ2v) is 4.85. The number of rotatable bonds is 4. The van der Waals surface area contributed by atoms with E-state index < -0.39 is 18.0 Å². The van der Waals surface area contributed by atoms with Gasteiger partial charge in [-0.15, -0.1) is 11.3 Å². The minimum absolute atomic E-state index is 0.374. The lowest BCUT2D eigenvalue weighted by Crippen LogP contribution is -2.27. The van der Waals surface area contributed by atoms with Gasteiger partial charge < -0.3 is 14.8 Å². The van der Waals surface area contributed by atoms with Crippen LogP contribution in [0.25, 0.3) is 0 Å². The molecule has 19 heavy (non-hydrogen) atoms. The number of hydrogen-bond donors (Lipinski definition) is 1. The summed E-state index contributed by atoms with van der Waals surface area (Å²) in [5.74, 6) is -0.982. The molecule has 0 aromatic carbocycles. The zero-order valence-corrected chi connectivity index (χ0v) is 10.9. The average molecular weight is 280 g/mol. The highest BCUT2D eigenvalue weighted by atomic mass is 32.1. The van der Waals surface area contributed by atoms with E-state index in [1.165, 1.54) is 11.3 Å². The molecule has 0 radical (unpaired) electrons. The predicted molar refractivity (Wildman–Crippen MR) is 67.6 cm³/mol. The highest BCUT2D eigenvalue weighted by molar-refractivity contribution is 7.14. The first kappa shape index (κ1) is 13.5. The number of esters is 1. The molecular weight excluding hydrogens is 268 g/mol. The number of nitrogens with one attached hydrogen (secondary N) is 1. The van der Waals surface area contributed by atoms with Crippen molar-refractivity contribution in [2.45, 2.75) is 18.9 Å². The SMILES string of the molecule is N#Cc1ccsc1NC(=O)COC(=O)C1CCCO1. The van der Waals surface area contributed by atoms with E-state index in [9.17, 15) is 9.59 Å². The van der Waals surface area contributed by atoms with Crippen LogP contribution in [0.5, 0.6) is 0 Å². The van der Waals surface area contributed by atoms with Crippen molar-refractivity contribution in [3.05, 3.63) is 17.0 Å². The number of hydrogen-bond acceptors (Lipinski definition) is 6. The number of anilines is 1. The maximum absolute atomic E-state index is 11.6. The van der Waals surface area contributed by atoms with Crippen molar-refractivity contribution in [2.24, 2.45) is 0 Å². The van der Waals surface area contributed by atoms with Gasteiger partial charge in [-0.25, -0.2) is 4.79 Å². The van der Waals surface area contributed by atoms with E-state index in [0.717, 1.165) is 6.42 Å². The first-order valence-electron chi connectivity index (χ1n) is 5.76. The van der Waals surface area contributed by atoms with Crippen molar-refractivity contribution in [3.63, 3.8) is 0 Å². The number of thiophene rings is 1. The van der Waals surface area contributed by atoms with Crippen molar-refractivity contribution >= 4 is 28.2 Å². The molecule has 1 unspecified atom stereocenters. The molecule has 1 saturated heterocycles. The molecule has 1 amide bonds. The molecule has 0 spiro atoms. The molecule has 0 saturated carbocycles. The van der Waals surface area contributed by atoms with Gasteiger partial charge in [0, 0.05) is 6.61 Å². The van der Waals surface area contributed by atoms with Crippen LogP contribution in [0.1, 0.15) is 18.4 Å². The molecule has 1 fully saturated rings. The maximum atomic E-state index is 11.6. The van der Waals surface area contributed by atoms with Crippen LogP contribution in [0.2, 0.25) is 0 Å². The second kappa shape index (κ2) is 6.31. The first-order valence-corrected chi connectivity index (χ1v) is 6.64. The molecule has 2 heterocycles. The summed E-state index contributed by atoms with van der Waals surface area (Å²) < 4.78 is 10.00. The Morgan fingerprint density at radius 2 is 2.47 bits per heavy atom. The Balaban J connectivity index is 1.79. The van der Waals surface area contributed by atoms with Crippen molar-refractivity contribution in [1.29, 1.82) is 5.26 Å². The molecule has 1 aromatic heterocycles. The summed E-state index contributed by atoms with van der Waals surface area (Å²) in [4.78, 5) is 23.1. The quantitative estimate of drug-likeness (QED) is 0.839. The fraction of sp³-hybridized carbons (Fsp3) is 0.417. The molecule has 0 aliphatic carbocycles. The van der Waals surface area contributed by atoms with E-state index in [0.29, 0.717) is 23.6 Å². The van der Waals surface area contributed by atoms with Crippen molar-refractivity contribution in [2.75, 3.05) is 18.5 Å². The molecule has 1 aliphatic heterocycles. The number of carbonyl (C=O) groups excluding carboxylic acids is 2. The fourth-order valence-corrected chi connectivity index (χ4v) is 2.40. The smallest absolute Gasteiger partial charge is 0.335 e. The van der Waals surface area contributed by atoms with E-state index in [1.54, 1.807) is 11.4 Å². The third-order valence-electron chi connectivity index (χ3n) is 2.58. The molecule has 7 heteroatoms. The minimum atomic E-state index is -0.552. The highest BCUT2D eigenvalue weighted by Gasteiger charge is 2.25. The Labute approximate surface area is 113 Å². The zero-order chi connectivity index (χ0) is 13.7. The van der Waals surface area contributed by atoms with Crippen LogP contribution in [0.3, 0.4) is 0 Å². The number of amides is 1. The van der Waals surface area contributed by atoms with Crippen molar-refractivity contribution in [1.82, 2.24) is 0 Å². The van der Waals surface area contributed by atoms with Crippen LogP contribution in [-0.2, 0) is 19.1 Å². The first-order chi connectivity index (χ1) is 9.20.